The maximum absolute atomic E-state index is 11.6. The molecule has 0 aliphatic carbocycles. The summed E-state index contributed by atoms with van der Waals surface area (Å²) in [6.07, 6.45) is 1.71. The van der Waals surface area contributed by atoms with Gasteiger partial charge < -0.3 is 16.0 Å². The molecule has 3 N–H and O–H groups in total. The molecule has 1 amide bonds. The van der Waals surface area contributed by atoms with Gasteiger partial charge in [0.15, 0.2) is 0 Å². The largest absolute Gasteiger partial charge is 0.374 e. The topological polar surface area (TPSA) is 66.0 Å². The van der Waals surface area contributed by atoms with Crippen LogP contribution in [0.3, 0.4) is 0 Å². The Hall–Kier alpha value is -1.78. The zero-order chi connectivity index (χ0) is 12.7. The number of rotatable bonds is 6. The lowest BCUT2D eigenvalue weighted by molar-refractivity contribution is -0.121. The number of pyridine rings is 1. The standard InChI is InChI=1S/C12H20N4O/c1-4-13-11-8-10(6-7-15-11)16-9(3)12(17)14-5-2/h6-9H,4-5H2,1-3H3,(H,14,17)(H2,13,15,16). The van der Waals surface area contributed by atoms with Gasteiger partial charge in [0, 0.05) is 31.0 Å². The summed E-state index contributed by atoms with van der Waals surface area (Å²) in [5.74, 6) is 0.801. The van der Waals surface area contributed by atoms with Gasteiger partial charge in [-0.1, -0.05) is 0 Å². The molecule has 5 nitrogen and oxygen atoms in total. The van der Waals surface area contributed by atoms with Gasteiger partial charge in [0.25, 0.3) is 0 Å². The van der Waals surface area contributed by atoms with Gasteiger partial charge in [0.2, 0.25) is 5.91 Å². The maximum Gasteiger partial charge on any atom is 0.242 e. The Kier molecular flexibility index (Phi) is 5.26. The molecule has 1 aromatic rings. The summed E-state index contributed by atoms with van der Waals surface area (Å²) >= 11 is 0. The Labute approximate surface area is 102 Å². The second-order valence-corrected chi connectivity index (χ2v) is 3.72. The van der Waals surface area contributed by atoms with Gasteiger partial charge >= 0.3 is 0 Å². The third-order valence-corrected chi connectivity index (χ3v) is 2.25. The van der Waals surface area contributed by atoms with Gasteiger partial charge in [-0.3, -0.25) is 4.79 Å². The lowest BCUT2D eigenvalue weighted by Crippen LogP contribution is -2.37. The lowest BCUT2D eigenvalue weighted by Gasteiger charge is -2.15. The van der Waals surface area contributed by atoms with Gasteiger partial charge in [0.05, 0.1) is 0 Å². The monoisotopic (exact) mass is 236 g/mol. The van der Waals surface area contributed by atoms with Crippen molar-refractivity contribution in [2.45, 2.75) is 26.8 Å². The second-order valence-electron chi connectivity index (χ2n) is 3.72. The Bertz CT molecular complexity index is 367. The SMILES string of the molecule is CCNC(=O)C(C)Nc1ccnc(NCC)c1. The fourth-order valence-corrected chi connectivity index (χ4v) is 1.44. The summed E-state index contributed by atoms with van der Waals surface area (Å²) in [4.78, 5) is 15.7. The minimum atomic E-state index is -0.258. The summed E-state index contributed by atoms with van der Waals surface area (Å²) in [5, 5.41) is 9.03. The highest BCUT2D eigenvalue weighted by molar-refractivity contribution is 5.84. The molecule has 1 atom stereocenters. The molecule has 1 rings (SSSR count). The summed E-state index contributed by atoms with van der Waals surface area (Å²) in [5.41, 5.74) is 0.884. The molecule has 1 heterocycles. The number of nitrogens with one attached hydrogen (secondary N) is 3. The van der Waals surface area contributed by atoms with E-state index in [9.17, 15) is 4.79 Å². The van der Waals surface area contributed by atoms with Crippen molar-refractivity contribution in [1.82, 2.24) is 10.3 Å². The van der Waals surface area contributed by atoms with Crippen LogP contribution in [0.1, 0.15) is 20.8 Å². The predicted molar refractivity (Wildman–Crippen MR) is 70.2 cm³/mol. The van der Waals surface area contributed by atoms with Crippen LogP contribution in [0.4, 0.5) is 11.5 Å². The fraction of sp³-hybridized carbons (Fsp3) is 0.500. The van der Waals surface area contributed by atoms with E-state index in [1.165, 1.54) is 0 Å². The predicted octanol–water partition coefficient (Wildman–Crippen LogP) is 1.45. The first-order valence-electron chi connectivity index (χ1n) is 5.91. The van der Waals surface area contributed by atoms with Crippen molar-refractivity contribution in [1.29, 1.82) is 0 Å². The molecule has 0 fully saturated rings. The highest BCUT2D eigenvalue weighted by Crippen LogP contribution is 2.12. The smallest absolute Gasteiger partial charge is 0.242 e. The van der Waals surface area contributed by atoms with Crippen LogP contribution in [0.25, 0.3) is 0 Å². The Morgan fingerprint density at radius 2 is 2.18 bits per heavy atom. The van der Waals surface area contributed by atoms with E-state index in [4.69, 9.17) is 0 Å². The molecule has 0 aromatic carbocycles. The molecule has 0 spiro atoms. The maximum atomic E-state index is 11.6. The molecule has 0 aliphatic rings. The Morgan fingerprint density at radius 1 is 1.41 bits per heavy atom. The van der Waals surface area contributed by atoms with Crippen LogP contribution < -0.4 is 16.0 Å². The number of anilines is 2. The van der Waals surface area contributed by atoms with Crippen molar-refractivity contribution >= 4 is 17.4 Å². The van der Waals surface area contributed by atoms with Gasteiger partial charge in [-0.05, 0) is 26.8 Å². The van der Waals surface area contributed by atoms with E-state index in [1.807, 2.05) is 32.9 Å². The van der Waals surface area contributed by atoms with Crippen molar-refractivity contribution < 1.29 is 4.79 Å². The fourth-order valence-electron chi connectivity index (χ4n) is 1.44. The molecule has 0 saturated carbocycles. The average Bonchev–Trinajstić information content (AvgIpc) is 2.30. The number of hydrogen-bond donors (Lipinski definition) is 3. The van der Waals surface area contributed by atoms with Crippen LogP contribution in [0.15, 0.2) is 18.3 Å². The normalized spacial score (nSPS) is 11.7. The molecule has 0 bridgehead atoms. The van der Waals surface area contributed by atoms with E-state index in [1.54, 1.807) is 6.20 Å². The molecular formula is C12H20N4O. The zero-order valence-electron chi connectivity index (χ0n) is 10.6. The van der Waals surface area contributed by atoms with E-state index in [-0.39, 0.29) is 11.9 Å². The first-order valence-corrected chi connectivity index (χ1v) is 5.91. The number of hydrogen-bond acceptors (Lipinski definition) is 4. The van der Waals surface area contributed by atoms with Gasteiger partial charge in [-0.15, -0.1) is 0 Å². The first-order chi connectivity index (χ1) is 8.17. The minimum Gasteiger partial charge on any atom is -0.374 e. The number of nitrogens with zero attached hydrogens (tertiary/aromatic N) is 1. The zero-order valence-corrected chi connectivity index (χ0v) is 10.6. The molecule has 94 valence electrons. The molecule has 1 unspecified atom stereocenters. The molecule has 1 aromatic heterocycles. The van der Waals surface area contributed by atoms with Crippen LogP contribution in [-0.2, 0) is 4.79 Å². The molecule has 0 radical (unpaired) electrons. The van der Waals surface area contributed by atoms with Crippen molar-refractivity contribution in [3.05, 3.63) is 18.3 Å². The minimum absolute atomic E-state index is 0.00527. The number of carbonyl (C=O) groups excluding carboxylic acids is 1. The molecule has 0 aliphatic heterocycles. The second kappa shape index (κ2) is 6.73. The van der Waals surface area contributed by atoms with Crippen molar-refractivity contribution in [2.24, 2.45) is 0 Å². The van der Waals surface area contributed by atoms with Crippen LogP contribution in [0, 0.1) is 0 Å². The number of aromatic nitrogens is 1. The third-order valence-electron chi connectivity index (χ3n) is 2.25. The third kappa shape index (κ3) is 4.30. The van der Waals surface area contributed by atoms with Gasteiger partial charge in [-0.25, -0.2) is 4.98 Å². The summed E-state index contributed by atoms with van der Waals surface area (Å²) < 4.78 is 0. The van der Waals surface area contributed by atoms with Crippen LogP contribution in [0.2, 0.25) is 0 Å². The lowest BCUT2D eigenvalue weighted by atomic mass is 10.2. The summed E-state index contributed by atoms with van der Waals surface area (Å²) in [7, 11) is 0. The van der Waals surface area contributed by atoms with Gasteiger partial charge in [0.1, 0.15) is 11.9 Å². The highest BCUT2D eigenvalue weighted by Gasteiger charge is 2.11. The van der Waals surface area contributed by atoms with E-state index < -0.39 is 0 Å². The van der Waals surface area contributed by atoms with E-state index >= 15 is 0 Å². The summed E-state index contributed by atoms with van der Waals surface area (Å²) in [6.45, 7) is 7.21. The molecule has 17 heavy (non-hydrogen) atoms. The quantitative estimate of drug-likeness (QED) is 0.699. The Morgan fingerprint density at radius 3 is 2.82 bits per heavy atom. The van der Waals surface area contributed by atoms with Crippen LogP contribution in [0.5, 0.6) is 0 Å². The average molecular weight is 236 g/mol. The first kappa shape index (κ1) is 13.3. The number of likely N-dealkylation sites (N-methyl/N-ethyl adjacent to an activating group) is 1. The van der Waals surface area contributed by atoms with Crippen molar-refractivity contribution in [3.63, 3.8) is 0 Å². The number of amides is 1. The van der Waals surface area contributed by atoms with Crippen molar-refractivity contribution in [3.8, 4) is 0 Å². The molecule has 5 heteroatoms. The molecular weight excluding hydrogens is 216 g/mol. The Balaban J connectivity index is 2.61. The van der Waals surface area contributed by atoms with Crippen LogP contribution in [-0.4, -0.2) is 30.0 Å². The van der Waals surface area contributed by atoms with E-state index in [0.29, 0.717) is 6.54 Å². The van der Waals surface area contributed by atoms with Crippen LogP contribution >= 0.6 is 0 Å². The van der Waals surface area contributed by atoms with E-state index in [2.05, 4.69) is 20.9 Å². The van der Waals surface area contributed by atoms with Gasteiger partial charge in [-0.2, -0.15) is 0 Å². The highest BCUT2D eigenvalue weighted by atomic mass is 16.2. The summed E-state index contributed by atoms with van der Waals surface area (Å²) in [6, 6.07) is 3.47. The van der Waals surface area contributed by atoms with E-state index in [0.717, 1.165) is 18.1 Å². The molecule has 0 saturated heterocycles. The number of carbonyl (C=O) groups is 1. The van der Waals surface area contributed by atoms with Crippen molar-refractivity contribution in [2.75, 3.05) is 23.7 Å².